The number of fused-ring (bicyclic) bond motifs is 2. The van der Waals surface area contributed by atoms with Crippen molar-refractivity contribution in [2.45, 2.75) is 13.5 Å². The Bertz CT molecular complexity index is 997. The number of anilines is 1. The van der Waals surface area contributed by atoms with Gasteiger partial charge in [-0.3, -0.25) is 4.79 Å². The maximum absolute atomic E-state index is 12.3. The lowest BCUT2D eigenvalue weighted by molar-refractivity contribution is 0.171. The standard InChI is InChI=1S/C20H20N2O4/c1-2-24-16-4-5-17-13(10-16)9-14(20(23)22-17)12-21-15-3-6-18-19(11-15)26-8-7-25-18/h3-6,9-11,21H,2,7-8,12H2,1H3,(H,22,23). The molecule has 2 aromatic carbocycles. The van der Waals surface area contributed by atoms with Crippen molar-refractivity contribution >= 4 is 16.6 Å². The van der Waals surface area contributed by atoms with Crippen molar-refractivity contribution in [1.82, 2.24) is 4.98 Å². The first-order valence-corrected chi connectivity index (χ1v) is 8.65. The molecule has 0 atom stereocenters. The number of ether oxygens (including phenoxy) is 3. The molecule has 6 heteroatoms. The molecule has 0 radical (unpaired) electrons. The third-order valence-corrected chi connectivity index (χ3v) is 4.23. The zero-order valence-corrected chi connectivity index (χ0v) is 14.5. The summed E-state index contributed by atoms with van der Waals surface area (Å²) in [6.07, 6.45) is 0. The Morgan fingerprint density at radius 2 is 1.92 bits per heavy atom. The summed E-state index contributed by atoms with van der Waals surface area (Å²) < 4.78 is 16.6. The van der Waals surface area contributed by atoms with Gasteiger partial charge in [0.2, 0.25) is 0 Å². The molecule has 134 valence electrons. The third kappa shape index (κ3) is 3.31. The molecule has 1 aliphatic heterocycles. The van der Waals surface area contributed by atoms with Crippen LogP contribution in [-0.2, 0) is 6.54 Å². The summed E-state index contributed by atoms with van der Waals surface area (Å²) in [5.74, 6) is 2.25. The Hall–Kier alpha value is -3.15. The summed E-state index contributed by atoms with van der Waals surface area (Å²) in [5.41, 5.74) is 2.21. The van der Waals surface area contributed by atoms with E-state index in [-0.39, 0.29) is 5.56 Å². The van der Waals surface area contributed by atoms with E-state index in [1.54, 1.807) is 0 Å². The third-order valence-electron chi connectivity index (χ3n) is 4.23. The van der Waals surface area contributed by atoms with Gasteiger partial charge in [-0.15, -0.1) is 0 Å². The molecule has 0 bridgehead atoms. The van der Waals surface area contributed by atoms with Gasteiger partial charge >= 0.3 is 0 Å². The minimum atomic E-state index is -0.105. The van der Waals surface area contributed by atoms with Crippen molar-refractivity contribution in [2.24, 2.45) is 0 Å². The van der Waals surface area contributed by atoms with Crippen molar-refractivity contribution < 1.29 is 14.2 Å². The van der Waals surface area contributed by atoms with Gasteiger partial charge in [-0.25, -0.2) is 0 Å². The lowest BCUT2D eigenvalue weighted by Crippen LogP contribution is -2.17. The van der Waals surface area contributed by atoms with Crippen LogP contribution in [0.15, 0.2) is 47.3 Å². The van der Waals surface area contributed by atoms with Gasteiger partial charge in [-0.05, 0) is 43.3 Å². The normalized spacial score (nSPS) is 12.8. The molecule has 0 fully saturated rings. The SMILES string of the molecule is CCOc1ccc2[nH]c(=O)c(CNc3ccc4c(c3)OCCO4)cc2c1. The van der Waals surface area contributed by atoms with Crippen LogP contribution in [0.5, 0.6) is 17.2 Å². The van der Waals surface area contributed by atoms with Crippen LogP contribution in [0, 0.1) is 0 Å². The summed E-state index contributed by atoms with van der Waals surface area (Å²) in [4.78, 5) is 15.2. The van der Waals surface area contributed by atoms with Crippen LogP contribution in [0.4, 0.5) is 5.69 Å². The van der Waals surface area contributed by atoms with Crippen molar-refractivity contribution in [2.75, 3.05) is 25.1 Å². The topological polar surface area (TPSA) is 72.6 Å². The van der Waals surface area contributed by atoms with E-state index < -0.39 is 0 Å². The van der Waals surface area contributed by atoms with Gasteiger partial charge in [-0.1, -0.05) is 0 Å². The summed E-state index contributed by atoms with van der Waals surface area (Å²) in [6, 6.07) is 13.2. The van der Waals surface area contributed by atoms with Crippen LogP contribution in [0.2, 0.25) is 0 Å². The zero-order chi connectivity index (χ0) is 17.9. The molecule has 1 aliphatic rings. The second-order valence-electron chi connectivity index (χ2n) is 6.02. The fraction of sp³-hybridized carbons (Fsp3) is 0.250. The van der Waals surface area contributed by atoms with Crippen LogP contribution in [0.3, 0.4) is 0 Å². The highest BCUT2D eigenvalue weighted by molar-refractivity contribution is 5.80. The van der Waals surface area contributed by atoms with E-state index in [4.69, 9.17) is 14.2 Å². The van der Waals surface area contributed by atoms with E-state index in [2.05, 4.69) is 10.3 Å². The highest BCUT2D eigenvalue weighted by atomic mass is 16.6. The molecule has 3 aromatic rings. The van der Waals surface area contributed by atoms with Gasteiger partial charge in [0, 0.05) is 34.8 Å². The first kappa shape index (κ1) is 16.3. The number of H-pyrrole nitrogens is 1. The average Bonchev–Trinajstić information content (AvgIpc) is 2.66. The molecule has 0 aliphatic carbocycles. The van der Waals surface area contributed by atoms with Crippen LogP contribution >= 0.6 is 0 Å². The Kier molecular flexibility index (Phi) is 4.39. The van der Waals surface area contributed by atoms with Crippen molar-refractivity contribution in [3.8, 4) is 17.2 Å². The first-order valence-electron chi connectivity index (χ1n) is 8.65. The molecule has 0 unspecified atom stereocenters. The van der Waals surface area contributed by atoms with Crippen molar-refractivity contribution in [3.05, 3.63) is 58.4 Å². The van der Waals surface area contributed by atoms with E-state index in [1.165, 1.54) is 0 Å². The maximum atomic E-state index is 12.3. The molecule has 26 heavy (non-hydrogen) atoms. The van der Waals surface area contributed by atoms with Crippen LogP contribution in [0.1, 0.15) is 12.5 Å². The van der Waals surface area contributed by atoms with Gasteiger partial charge < -0.3 is 24.5 Å². The minimum Gasteiger partial charge on any atom is -0.494 e. The van der Waals surface area contributed by atoms with Crippen molar-refractivity contribution in [3.63, 3.8) is 0 Å². The average molecular weight is 352 g/mol. The second-order valence-corrected chi connectivity index (χ2v) is 6.02. The lowest BCUT2D eigenvalue weighted by Gasteiger charge is -2.19. The Morgan fingerprint density at radius 1 is 1.08 bits per heavy atom. The molecule has 4 rings (SSSR count). The number of pyridine rings is 1. The number of hydrogen-bond donors (Lipinski definition) is 2. The summed E-state index contributed by atoms with van der Waals surface area (Å²) in [6.45, 7) is 4.07. The first-order chi connectivity index (χ1) is 12.7. The predicted molar refractivity (Wildman–Crippen MR) is 100 cm³/mol. The predicted octanol–water partition coefficient (Wildman–Crippen LogP) is 3.31. The van der Waals surface area contributed by atoms with E-state index in [0.29, 0.717) is 31.9 Å². The van der Waals surface area contributed by atoms with E-state index in [0.717, 1.165) is 33.8 Å². The lowest BCUT2D eigenvalue weighted by atomic mass is 10.1. The minimum absolute atomic E-state index is 0.105. The quantitative estimate of drug-likeness (QED) is 0.737. The van der Waals surface area contributed by atoms with Crippen LogP contribution < -0.4 is 25.1 Å². The number of aromatic nitrogens is 1. The number of nitrogens with one attached hydrogen (secondary N) is 2. The van der Waals surface area contributed by atoms with Crippen molar-refractivity contribution in [1.29, 1.82) is 0 Å². The number of hydrogen-bond acceptors (Lipinski definition) is 5. The Labute approximate surface area is 150 Å². The fourth-order valence-electron chi connectivity index (χ4n) is 2.97. The molecule has 6 nitrogen and oxygen atoms in total. The maximum Gasteiger partial charge on any atom is 0.253 e. The molecule has 2 N–H and O–H groups in total. The summed E-state index contributed by atoms with van der Waals surface area (Å²) >= 11 is 0. The molecule has 0 saturated heterocycles. The van der Waals surface area contributed by atoms with Gasteiger partial charge in [0.05, 0.1) is 6.61 Å². The van der Waals surface area contributed by atoms with Gasteiger partial charge in [-0.2, -0.15) is 0 Å². The van der Waals surface area contributed by atoms with Crippen LogP contribution in [0.25, 0.3) is 10.9 Å². The largest absolute Gasteiger partial charge is 0.494 e. The van der Waals surface area contributed by atoms with E-state index in [9.17, 15) is 4.79 Å². The second kappa shape index (κ2) is 7.00. The highest BCUT2D eigenvalue weighted by Crippen LogP contribution is 2.32. The van der Waals surface area contributed by atoms with Gasteiger partial charge in [0.15, 0.2) is 11.5 Å². The Morgan fingerprint density at radius 3 is 2.77 bits per heavy atom. The molecular formula is C20H20N2O4. The number of aromatic amines is 1. The van der Waals surface area contributed by atoms with E-state index in [1.807, 2.05) is 49.4 Å². The summed E-state index contributed by atoms with van der Waals surface area (Å²) in [7, 11) is 0. The number of benzene rings is 2. The zero-order valence-electron chi connectivity index (χ0n) is 14.5. The molecule has 0 saturated carbocycles. The molecule has 0 spiro atoms. The molecule has 1 aromatic heterocycles. The van der Waals surface area contributed by atoms with Gasteiger partial charge in [0.25, 0.3) is 5.56 Å². The molecular weight excluding hydrogens is 332 g/mol. The highest BCUT2D eigenvalue weighted by Gasteiger charge is 2.12. The fourth-order valence-corrected chi connectivity index (χ4v) is 2.97. The molecule has 2 heterocycles. The monoisotopic (exact) mass is 352 g/mol. The van der Waals surface area contributed by atoms with E-state index >= 15 is 0 Å². The Balaban J connectivity index is 1.56. The summed E-state index contributed by atoms with van der Waals surface area (Å²) in [5, 5.41) is 4.21. The smallest absolute Gasteiger partial charge is 0.253 e. The molecule has 0 amide bonds. The van der Waals surface area contributed by atoms with Gasteiger partial charge in [0.1, 0.15) is 19.0 Å². The number of rotatable bonds is 5. The van der Waals surface area contributed by atoms with Crippen LogP contribution in [-0.4, -0.2) is 24.8 Å².